The molecule has 0 aromatic rings. The van der Waals surface area contributed by atoms with E-state index in [2.05, 4.69) is 13.8 Å². The fraction of sp³-hybridized carbons (Fsp3) is 0.929. The van der Waals surface area contributed by atoms with Crippen LogP contribution >= 0.6 is 0 Å². The summed E-state index contributed by atoms with van der Waals surface area (Å²) in [6, 6.07) is 0.214. The van der Waals surface area contributed by atoms with Crippen LogP contribution in [0.1, 0.15) is 65.2 Å². The first-order chi connectivity index (χ1) is 8.06. The van der Waals surface area contributed by atoms with Crippen LogP contribution in [-0.4, -0.2) is 17.1 Å². The minimum absolute atomic E-state index is 0.214. The van der Waals surface area contributed by atoms with Crippen LogP contribution in [0.5, 0.6) is 0 Å². The SMILES string of the molecule is CCCC(CCC)C1(C(=O)O)CCC(N)CC1. The van der Waals surface area contributed by atoms with Gasteiger partial charge in [-0.2, -0.15) is 0 Å². The molecule has 100 valence electrons. The lowest BCUT2D eigenvalue weighted by Gasteiger charge is -2.42. The zero-order valence-electron chi connectivity index (χ0n) is 11.2. The van der Waals surface area contributed by atoms with E-state index < -0.39 is 11.4 Å². The lowest BCUT2D eigenvalue weighted by atomic mass is 9.62. The molecule has 0 amide bonds. The molecule has 0 heterocycles. The first-order valence-electron chi connectivity index (χ1n) is 7.05. The van der Waals surface area contributed by atoms with Gasteiger partial charge in [0.05, 0.1) is 5.41 Å². The van der Waals surface area contributed by atoms with Gasteiger partial charge in [-0.05, 0) is 44.4 Å². The third-order valence-corrected chi connectivity index (χ3v) is 4.40. The predicted molar refractivity (Wildman–Crippen MR) is 69.8 cm³/mol. The second kappa shape index (κ2) is 6.39. The quantitative estimate of drug-likeness (QED) is 0.750. The van der Waals surface area contributed by atoms with Gasteiger partial charge in [0.15, 0.2) is 0 Å². The molecule has 0 radical (unpaired) electrons. The summed E-state index contributed by atoms with van der Waals surface area (Å²) >= 11 is 0. The Morgan fingerprint density at radius 1 is 1.29 bits per heavy atom. The van der Waals surface area contributed by atoms with E-state index in [1.165, 1.54) is 0 Å². The summed E-state index contributed by atoms with van der Waals surface area (Å²) in [5, 5.41) is 9.66. The molecule has 0 unspecified atom stereocenters. The van der Waals surface area contributed by atoms with E-state index in [4.69, 9.17) is 5.73 Å². The van der Waals surface area contributed by atoms with Gasteiger partial charge < -0.3 is 10.8 Å². The number of carboxylic acid groups (broad SMARTS) is 1. The molecule has 1 aliphatic carbocycles. The minimum Gasteiger partial charge on any atom is -0.481 e. The second-order valence-corrected chi connectivity index (χ2v) is 5.57. The Morgan fingerprint density at radius 2 is 1.76 bits per heavy atom. The van der Waals surface area contributed by atoms with Crippen molar-refractivity contribution in [3.05, 3.63) is 0 Å². The molecule has 0 saturated heterocycles. The topological polar surface area (TPSA) is 63.3 Å². The Morgan fingerprint density at radius 3 is 2.12 bits per heavy atom. The number of hydrogen-bond acceptors (Lipinski definition) is 2. The van der Waals surface area contributed by atoms with Crippen molar-refractivity contribution in [2.45, 2.75) is 71.3 Å². The molecule has 1 rings (SSSR count). The van der Waals surface area contributed by atoms with Crippen LogP contribution in [0.4, 0.5) is 0 Å². The maximum Gasteiger partial charge on any atom is 0.309 e. The van der Waals surface area contributed by atoms with Crippen LogP contribution in [0.15, 0.2) is 0 Å². The van der Waals surface area contributed by atoms with Gasteiger partial charge >= 0.3 is 5.97 Å². The van der Waals surface area contributed by atoms with Gasteiger partial charge in [-0.25, -0.2) is 0 Å². The average Bonchev–Trinajstić information content (AvgIpc) is 2.30. The Kier molecular flexibility index (Phi) is 5.44. The summed E-state index contributed by atoms with van der Waals surface area (Å²) in [6.45, 7) is 4.29. The summed E-state index contributed by atoms with van der Waals surface area (Å²) in [5.74, 6) is -0.251. The molecule has 0 spiro atoms. The Bertz CT molecular complexity index is 239. The molecular formula is C14H27NO2. The van der Waals surface area contributed by atoms with E-state index in [1.807, 2.05) is 0 Å². The van der Waals surface area contributed by atoms with Crippen molar-refractivity contribution in [2.75, 3.05) is 0 Å². The van der Waals surface area contributed by atoms with E-state index in [-0.39, 0.29) is 6.04 Å². The first-order valence-corrected chi connectivity index (χ1v) is 7.05. The Balaban J connectivity index is 2.84. The molecule has 3 nitrogen and oxygen atoms in total. The number of nitrogens with two attached hydrogens (primary N) is 1. The summed E-state index contributed by atoms with van der Waals surface area (Å²) in [5.41, 5.74) is 5.43. The minimum atomic E-state index is -0.587. The lowest BCUT2D eigenvalue weighted by molar-refractivity contribution is -0.156. The lowest BCUT2D eigenvalue weighted by Crippen LogP contribution is -2.44. The molecular weight excluding hydrogens is 214 g/mol. The van der Waals surface area contributed by atoms with Crippen LogP contribution in [0.2, 0.25) is 0 Å². The standard InChI is InChI=1S/C14H27NO2/c1-3-5-11(6-4-2)14(13(16)17)9-7-12(15)8-10-14/h11-12H,3-10,15H2,1-2H3,(H,16,17). The summed E-state index contributed by atoms with van der Waals surface area (Å²) < 4.78 is 0. The van der Waals surface area contributed by atoms with Crippen LogP contribution in [0.3, 0.4) is 0 Å². The van der Waals surface area contributed by atoms with Crippen LogP contribution < -0.4 is 5.73 Å². The third kappa shape index (κ3) is 3.21. The molecule has 3 N–H and O–H groups in total. The summed E-state index contributed by atoms with van der Waals surface area (Å²) in [7, 11) is 0. The monoisotopic (exact) mass is 241 g/mol. The highest BCUT2D eigenvalue weighted by Gasteiger charge is 2.46. The smallest absolute Gasteiger partial charge is 0.309 e. The highest BCUT2D eigenvalue weighted by molar-refractivity contribution is 5.75. The first kappa shape index (κ1) is 14.5. The highest BCUT2D eigenvalue weighted by atomic mass is 16.4. The molecule has 1 saturated carbocycles. The number of aliphatic carboxylic acids is 1. The molecule has 0 atom stereocenters. The van der Waals surface area contributed by atoms with Crippen LogP contribution in [-0.2, 0) is 4.79 Å². The van der Waals surface area contributed by atoms with E-state index in [9.17, 15) is 9.90 Å². The molecule has 1 aliphatic rings. The van der Waals surface area contributed by atoms with Crippen molar-refractivity contribution >= 4 is 5.97 Å². The fourth-order valence-corrected chi connectivity index (χ4v) is 3.35. The van der Waals surface area contributed by atoms with Crippen molar-refractivity contribution in [3.63, 3.8) is 0 Å². The van der Waals surface area contributed by atoms with Gasteiger partial charge in [0, 0.05) is 6.04 Å². The molecule has 3 heteroatoms. The maximum atomic E-state index is 11.7. The van der Waals surface area contributed by atoms with E-state index in [0.717, 1.165) is 51.4 Å². The molecule has 0 aromatic heterocycles. The zero-order chi connectivity index (χ0) is 12.9. The van der Waals surface area contributed by atoms with Gasteiger partial charge in [-0.1, -0.05) is 26.7 Å². The van der Waals surface area contributed by atoms with Crippen molar-refractivity contribution < 1.29 is 9.90 Å². The summed E-state index contributed by atoms with van der Waals surface area (Å²) in [4.78, 5) is 11.7. The normalized spacial score (nSPS) is 29.5. The largest absolute Gasteiger partial charge is 0.481 e. The molecule has 0 aromatic carbocycles. The molecule has 1 fully saturated rings. The van der Waals surface area contributed by atoms with Crippen LogP contribution in [0, 0.1) is 11.3 Å². The maximum absolute atomic E-state index is 11.7. The van der Waals surface area contributed by atoms with Crippen LogP contribution in [0.25, 0.3) is 0 Å². The predicted octanol–water partition coefficient (Wildman–Crippen LogP) is 3.18. The van der Waals surface area contributed by atoms with Crippen molar-refractivity contribution in [3.8, 4) is 0 Å². The van der Waals surface area contributed by atoms with Crippen molar-refractivity contribution in [1.82, 2.24) is 0 Å². The van der Waals surface area contributed by atoms with Crippen molar-refractivity contribution in [1.29, 1.82) is 0 Å². The Hall–Kier alpha value is -0.570. The van der Waals surface area contributed by atoms with Gasteiger partial charge in [0.25, 0.3) is 0 Å². The van der Waals surface area contributed by atoms with Crippen molar-refractivity contribution in [2.24, 2.45) is 17.1 Å². The van der Waals surface area contributed by atoms with Gasteiger partial charge in [-0.15, -0.1) is 0 Å². The number of carbonyl (C=O) groups is 1. The average molecular weight is 241 g/mol. The number of rotatable bonds is 6. The van der Waals surface area contributed by atoms with E-state index in [0.29, 0.717) is 5.92 Å². The Labute approximate surface area is 105 Å². The van der Waals surface area contributed by atoms with Gasteiger partial charge in [-0.3, -0.25) is 4.79 Å². The highest BCUT2D eigenvalue weighted by Crippen LogP contribution is 2.46. The number of hydrogen-bond donors (Lipinski definition) is 2. The zero-order valence-corrected chi connectivity index (χ0v) is 11.2. The van der Waals surface area contributed by atoms with E-state index >= 15 is 0 Å². The summed E-state index contributed by atoms with van der Waals surface area (Å²) in [6.07, 6.45) is 7.51. The van der Waals surface area contributed by atoms with Gasteiger partial charge in [0.1, 0.15) is 0 Å². The number of carboxylic acids is 1. The van der Waals surface area contributed by atoms with E-state index in [1.54, 1.807) is 0 Å². The molecule has 17 heavy (non-hydrogen) atoms. The second-order valence-electron chi connectivity index (χ2n) is 5.57. The molecule has 0 bridgehead atoms. The fourth-order valence-electron chi connectivity index (χ4n) is 3.35. The van der Waals surface area contributed by atoms with Gasteiger partial charge in [0.2, 0.25) is 0 Å². The molecule has 0 aliphatic heterocycles. The third-order valence-electron chi connectivity index (χ3n) is 4.40.